The molecule has 0 spiro atoms. The number of nitrogens with one attached hydrogen (secondary N) is 1. The van der Waals surface area contributed by atoms with Gasteiger partial charge in [-0.05, 0) is 31.2 Å². The number of ether oxygens (including phenoxy) is 2. The smallest absolute Gasteiger partial charge is 0.241 e. The number of carbonyl (C=O) groups excluding carboxylic acids is 1. The lowest BCUT2D eigenvalue weighted by Gasteiger charge is -2.37. The molecule has 1 N–H and O–H groups in total. The summed E-state index contributed by atoms with van der Waals surface area (Å²) in [5.41, 5.74) is 0.725. The summed E-state index contributed by atoms with van der Waals surface area (Å²) in [4.78, 5) is 21.5. The van der Waals surface area contributed by atoms with Crippen molar-refractivity contribution in [3.8, 4) is 11.5 Å². The van der Waals surface area contributed by atoms with Crippen LogP contribution in [0.3, 0.4) is 0 Å². The molecule has 0 radical (unpaired) electrons. The van der Waals surface area contributed by atoms with Gasteiger partial charge < -0.3 is 19.7 Å². The molecule has 0 unspecified atom stereocenters. The number of rotatable bonds is 4. The Morgan fingerprint density at radius 1 is 1.07 bits per heavy atom. The zero-order valence-electron chi connectivity index (χ0n) is 15.4. The summed E-state index contributed by atoms with van der Waals surface area (Å²) in [6, 6.07) is 11.2. The molecule has 1 aromatic carbocycles. The quantitative estimate of drug-likeness (QED) is 0.890. The van der Waals surface area contributed by atoms with Crippen LogP contribution >= 0.6 is 0 Å². The molecule has 4 rings (SSSR count). The highest BCUT2D eigenvalue weighted by Crippen LogP contribution is 2.32. The average molecular weight is 368 g/mol. The molecule has 2 aromatic rings. The van der Waals surface area contributed by atoms with E-state index in [1.807, 2.05) is 49.5 Å². The Hall–Kier alpha value is -2.80. The standard InChI is InChI=1S/C20H24N4O3/c1-15(23-8-10-24(11-9-23)19-4-2-3-7-21-19)20(25)22-16-5-6-17-18(14-16)27-13-12-26-17/h2-7,14-15H,8-13H2,1H3,(H,22,25)/t15-/m0/s1. The van der Waals surface area contributed by atoms with E-state index in [1.165, 1.54) is 0 Å². The van der Waals surface area contributed by atoms with Crippen molar-refractivity contribution in [3.05, 3.63) is 42.6 Å². The number of pyridine rings is 1. The third-order valence-electron chi connectivity index (χ3n) is 5.02. The molecule has 142 valence electrons. The van der Waals surface area contributed by atoms with Crippen LogP contribution in [0.1, 0.15) is 6.92 Å². The van der Waals surface area contributed by atoms with Crippen LogP contribution < -0.4 is 19.7 Å². The number of piperazine rings is 1. The van der Waals surface area contributed by atoms with Crippen molar-refractivity contribution < 1.29 is 14.3 Å². The lowest BCUT2D eigenvalue weighted by Crippen LogP contribution is -2.53. The van der Waals surface area contributed by atoms with Gasteiger partial charge in [-0.25, -0.2) is 4.98 Å². The van der Waals surface area contributed by atoms with E-state index in [0.717, 1.165) is 43.4 Å². The van der Waals surface area contributed by atoms with Crippen molar-refractivity contribution in [3.63, 3.8) is 0 Å². The van der Waals surface area contributed by atoms with Crippen molar-refractivity contribution in [1.29, 1.82) is 0 Å². The van der Waals surface area contributed by atoms with Crippen LogP contribution in [0.15, 0.2) is 42.6 Å². The molecular formula is C20H24N4O3. The van der Waals surface area contributed by atoms with Crippen LogP contribution in [0.4, 0.5) is 11.5 Å². The molecule has 1 atom stereocenters. The summed E-state index contributed by atoms with van der Waals surface area (Å²) in [7, 11) is 0. The van der Waals surface area contributed by atoms with Crippen molar-refractivity contribution >= 4 is 17.4 Å². The second kappa shape index (κ2) is 7.84. The fourth-order valence-corrected chi connectivity index (χ4v) is 3.41. The Bertz CT molecular complexity index is 791. The second-order valence-corrected chi connectivity index (χ2v) is 6.73. The topological polar surface area (TPSA) is 66.9 Å². The Kier molecular flexibility index (Phi) is 5.11. The Morgan fingerprint density at radius 3 is 2.59 bits per heavy atom. The van der Waals surface area contributed by atoms with Crippen molar-refractivity contribution in [2.75, 3.05) is 49.6 Å². The normalized spacial score (nSPS) is 18.0. The van der Waals surface area contributed by atoms with Gasteiger partial charge in [-0.15, -0.1) is 0 Å². The summed E-state index contributed by atoms with van der Waals surface area (Å²) in [5, 5.41) is 2.99. The molecule has 0 aliphatic carbocycles. The number of carbonyl (C=O) groups is 1. The van der Waals surface area contributed by atoms with Crippen LogP contribution in [0.5, 0.6) is 11.5 Å². The van der Waals surface area contributed by atoms with E-state index in [4.69, 9.17) is 9.47 Å². The number of benzene rings is 1. The van der Waals surface area contributed by atoms with E-state index >= 15 is 0 Å². The maximum absolute atomic E-state index is 12.7. The molecule has 7 nitrogen and oxygen atoms in total. The maximum Gasteiger partial charge on any atom is 0.241 e. The molecule has 1 aromatic heterocycles. The summed E-state index contributed by atoms with van der Waals surface area (Å²) >= 11 is 0. The van der Waals surface area contributed by atoms with Gasteiger partial charge in [0.25, 0.3) is 0 Å². The van der Waals surface area contributed by atoms with Crippen LogP contribution in [-0.2, 0) is 4.79 Å². The van der Waals surface area contributed by atoms with E-state index in [1.54, 1.807) is 0 Å². The lowest BCUT2D eigenvalue weighted by molar-refractivity contribution is -0.120. The molecular weight excluding hydrogens is 344 g/mol. The van der Waals surface area contributed by atoms with Crippen molar-refractivity contribution in [2.45, 2.75) is 13.0 Å². The molecule has 2 aliphatic rings. The number of anilines is 2. The molecule has 1 saturated heterocycles. The van der Waals surface area contributed by atoms with Gasteiger partial charge in [-0.3, -0.25) is 9.69 Å². The molecule has 2 aliphatic heterocycles. The van der Waals surface area contributed by atoms with Gasteiger partial charge in [0.05, 0.1) is 6.04 Å². The van der Waals surface area contributed by atoms with E-state index < -0.39 is 0 Å². The van der Waals surface area contributed by atoms with Gasteiger partial charge in [0.15, 0.2) is 11.5 Å². The van der Waals surface area contributed by atoms with Crippen LogP contribution in [-0.4, -0.2) is 61.2 Å². The van der Waals surface area contributed by atoms with Crippen LogP contribution in [0, 0.1) is 0 Å². The first-order valence-electron chi connectivity index (χ1n) is 9.31. The van der Waals surface area contributed by atoms with Gasteiger partial charge in [0, 0.05) is 44.1 Å². The SMILES string of the molecule is C[C@@H](C(=O)Nc1ccc2c(c1)OCCO2)N1CCN(c2ccccn2)CC1. The highest BCUT2D eigenvalue weighted by molar-refractivity contribution is 5.94. The van der Waals surface area contributed by atoms with E-state index in [9.17, 15) is 4.79 Å². The molecule has 1 fully saturated rings. The summed E-state index contributed by atoms with van der Waals surface area (Å²) in [6.45, 7) is 6.40. The highest BCUT2D eigenvalue weighted by atomic mass is 16.6. The lowest BCUT2D eigenvalue weighted by atomic mass is 10.2. The first-order valence-corrected chi connectivity index (χ1v) is 9.31. The fourth-order valence-electron chi connectivity index (χ4n) is 3.41. The second-order valence-electron chi connectivity index (χ2n) is 6.73. The van der Waals surface area contributed by atoms with Gasteiger partial charge in [-0.1, -0.05) is 6.07 Å². The zero-order chi connectivity index (χ0) is 18.6. The van der Waals surface area contributed by atoms with Crippen LogP contribution in [0.25, 0.3) is 0 Å². The van der Waals surface area contributed by atoms with Gasteiger partial charge in [-0.2, -0.15) is 0 Å². The Balaban J connectivity index is 1.33. The van der Waals surface area contributed by atoms with E-state index in [-0.39, 0.29) is 11.9 Å². The molecule has 0 saturated carbocycles. The van der Waals surface area contributed by atoms with Crippen molar-refractivity contribution in [2.24, 2.45) is 0 Å². The first-order chi connectivity index (χ1) is 13.2. The molecule has 3 heterocycles. The van der Waals surface area contributed by atoms with E-state index in [2.05, 4.69) is 20.1 Å². The zero-order valence-corrected chi connectivity index (χ0v) is 15.4. The minimum Gasteiger partial charge on any atom is -0.486 e. The number of aromatic nitrogens is 1. The minimum absolute atomic E-state index is 0.0158. The summed E-state index contributed by atoms with van der Waals surface area (Å²) in [6.07, 6.45) is 1.81. The number of fused-ring (bicyclic) bond motifs is 1. The molecule has 0 bridgehead atoms. The average Bonchev–Trinajstić information content (AvgIpc) is 2.74. The molecule has 7 heteroatoms. The monoisotopic (exact) mass is 368 g/mol. The van der Waals surface area contributed by atoms with Gasteiger partial charge >= 0.3 is 0 Å². The third-order valence-corrected chi connectivity index (χ3v) is 5.02. The predicted molar refractivity (Wildman–Crippen MR) is 104 cm³/mol. The maximum atomic E-state index is 12.7. The molecule has 1 amide bonds. The first kappa shape index (κ1) is 17.6. The highest BCUT2D eigenvalue weighted by Gasteiger charge is 2.26. The molecule has 27 heavy (non-hydrogen) atoms. The number of hydrogen-bond donors (Lipinski definition) is 1. The van der Waals surface area contributed by atoms with Gasteiger partial charge in [0.1, 0.15) is 19.0 Å². The number of nitrogens with zero attached hydrogens (tertiary/aromatic N) is 3. The largest absolute Gasteiger partial charge is 0.486 e. The fraction of sp³-hybridized carbons (Fsp3) is 0.400. The van der Waals surface area contributed by atoms with Crippen LogP contribution in [0.2, 0.25) is 0 Å². The van der Waals surface area contributed by atoms with Gasteiger partial charge in [0.2, 0.25) is 5.91 Å². The van der Waals surface area contributed by atoms with E-state index in [0.29, 0.717) is 19.0 Å². The Labute approximate surface area is 158 Å². The summed E-state index contributed by atoms with van der Waals surface area (Å²) in [5.74, 6) is 2.37. The third kappa shape index (κ3) is 3.98. The number of amides is 1. The summed E-state index contributed by atoms with van der Waals surface area (Å²) < 4.78 is 11.1. The number of hydrogen-bond acceptors (Lipinski definition) is 6. The Morgan fingerprint density at radius 2 is 1.85 bits per heavy atom. The van der Waals surface area contributed by atoms with Crippen molar-refractivity contribution in [1.82, 2.24) is 9.88 Å². The minimum atomic E-state index is -0.205. The predicted octanol–water partition coefficient (Wildman–Crippen LogP) is 2.00.